The lowest BCUT2D eigenvalue weighted by Crippen LogP contribution is -2.55. The van der Waals surface area contributed by atoms with Crippen molar-refractivity contribution in [1.29, 1.82) is 0 Å². The number of aliphatic imine (C=N–C) groups is 1. The first-order chi connectivity index (χ1) is 15.4. The van der Waals surface area contributed by atoms with Crippen LogP contribution in [-0.4, -0.2) is 48.7 Å². The molecule has 176 valence electrons. The van der Waals surface area contributed by atoms with Crippen LogP contribution in [0.25, 0.3) is 0 Å². The van der Waals surface area contributed by atoms with Crippen LogP contribution in [0, 0.1) is 5.82 Å². The summed E-state index contributed by atoms with van der Waals surface area (Å²) < 4.78 is 84.7. The second-order valence-corrected chi connectivity index (χ2v) is 9.44. The molecule has 1 fully saturated rings. The van der Waals surface area contributed by atoms with Crippen LogP contribution < -0.4 is 11.1 Å². The van der Waals surface area contributed by atoms with Crippen LogP contribution in [0.1, 0.15) is 28.0 Å². The number of benzene rings is 1. The highest BCUT2D eigenvalue weighted by Crippen LogP contribution is 2.46. The number of amides is 1. The maximum absolute atomic E-state index is 14.9. The summed E-state index contributed by atoms with van der Waals surface area (Å²) in [6.07, 6.45) is -4.07. The summed E-state index contributed by atoms with van der Waals surface area (Å²) in [5.74, 6) is -2.00. The highest BCUT2D eigenvalue weighted by molar-refractivity contribution is 7.90. The molecule has 3 N–H and O–H groups in total. The van der Waals surface area contributed by atoms with Crippen molar-refractivity contribution in [2.24, 2.45) is 10.7 Å². The molecule has 33 heavy (non-hydrogen) atoms. The van der Waals surface area contributed by atoms with Crippen molar-refractivity contribution in [3.05, 3.63) is 59.2 Å². The van der Waals surface area contributed by atoms with Crippen molar-refractivity contribution in [3.63, 3.8) is 0 Å². The molecular formula is C19H17F4N5O4S. The molecule has 0 radical (unpaired) electrons. The van der Waals surface area contributed by atoms with Crippen LogP contribution in [0.2, 0.25) is 0 Å². The third-order valence-corrected chi connectivity index (χ3v) is 7.46. The van der Waals surface area contributed by atoms with Crippen molar-refractivity contribution in [1.82, 2.24) is 9.29 Å². The van der Waals surface area contributed by atoms with E-state index in [2.05, 4.69) is 15.3 Å². The number of aromatic nitrogens is 1. The molecule has 2 atom stereocenters. The van der Waals surface area contributed by atoms with E-state index in [1.165, 1.54) is 19.2 Å². The smallest absolute Gasteiger partial charge is 0.369 e. The highest BCUT2D eigenvalue weighted by Gasteiger charge is 2.58. The summed E-state index contributed by atoms with van der Waals surface area (Å²) in [7, 11) is -2.91. The third kappa shape index (κ3) is 3.78. The molecule has 1 unspecified atom stereocenters. The fourth-order valence-corrected chi connectivity index (χ4v) is 5.36. The van der Waals surface area contributed by atoms with Crippen molar-refractivity contribution >= 4 is 27.6 Å². The molecule has 2 aliphatic heterocycles. The van der Waals surface area contributed by atoms with Gasteiger partial charge in [-0.3, -0.25) is 9.78 Å². The van der Waals surface area contributed by atoms with E-state index in [-0.39, 0.29) is 35.9 Å². The zero-order valence-electron chi connectivity index (χ0n) is 16.9. The molecule has 2 aliphatic rings. The number of halogens is 4. The second kappa shape index (κ2) is 7.66. The van der Waals surface area contributed by atoms with Crippen LogP contribution >= 0.6 is 0 Å². The number of anilines is 1. The molecule has 2 aromatic rings. The van der Waals surface area contributed by atoms with E-state index in [4.69, 9.17) is 10.5 Å². The summed E-state index contributed by atoms with van der Waals surface area (Å²) in [6, 6.07) is 5.01. The van der Waals surface area contributed by atoms with E-state index >= 15 is 0 Å². The van der Waals surface area contributed by atoms with Gasteiger partial charge in [-0.1, -0.05) is 0 Å². The van der Waals surface area contributed by atoms with Crippen LogP contribution in [0.4, 0.5) is 23.2 Å². The number of ether oxygens (including phenoxy) is 1. The number of carbonyl (C=O) groups is 1. The first-order valence-electron chi connectivity index (χ1n) is 9.45. The summed E-state index contributed by atoms with van der Waals surface area (Å²) in [6.45, 7) is -0.0278. The fourth-order valence-electron chi connectivity index (χ4n) is 3.71. The van der Waals surface area contributed by atoms with E-state index in [9.17, 15) is 30.8 Å². The van der Waals surface area contributed by atoms with Gasteiger partial charge in [-0.05, 0) is 30.3 Å². The number of nitrogens with one attached hydrogen (secondary N) is 1. The van der Waals surface area contributed by atoms with Crippen molar-refractivity contribution in [3.8, 4) is 0 Å². The number of nitrogens with two attached hydrogens (primary N) is 1. The van der Waals surface area contributed by atoms with Gasteiger partial charge >= 0.3 is 6.18 Å². The predicted octanol–water partition coefficient (Wildman–Crippen LogP) is 2.02. The number of guanidine groups is 1. The Kier molecular flexibility index (Phi) is 5.32. The maximum Gasteiger partial charge on any atom is 0.417 e. The minimum Gasteiger partial charge on any atom is -0.369 e. The van der Waals surface area contributed by atoms with Gasteiger partial charge in [0.05, 0.1) is 12.2 Å². The number of rotatable bonds is 3. The Morgan fingerprint density at radius 2 is 2.03 bits per heavy atom. The van der Waals surface area contributed by atoms with E-state index in [1.807, 2.05) is 0 Å². The number of hydrogen-bond donors (Lipinski definition) is 2. The van der Waals surface area contributed by atoms with Crippen LogP contribution in [0.5, 0.6) is 0 Å². The summed E-state index contributed by atoms with van der Waals surface area (Å²) in [5.41, 5.74) is 1.13. The Morgan fingerprint density at radius 3 is 2.67 bits per heavy atom. The Morgan fingerprint density at radius 1 is 1.30 bits per heavy atom. The molecule has 1 saturated heterocycles. The van der Waals surface area contributed by atoms with Crippen molar-refractivity contribution < 1.29 is 35.5 Å². The molecule has 0 spiro atoms. The topological polar surface area (TPSA) is 127 Å². The van der Waals surface area contributed by atoms with Crippen LogP contribution in [-0.2, 0) is 26.5 Å². The summed E-state index contributed by atoms with van der Waals surface area (Å²) in [5, 5.41) is 2.41. The van der Waals surface area contributed by atoms with E-state index in [0.29, 0.717) is 12.3 Å². The molecular weight excluding hydrogens is 470 g/mol. The molecule has 1 aromatic heterocycles. The van der Waals surface area contributed by atoms with Crippen LogP contribution in [0.3, 0.4) is 0 Å². The fraction of sp³-hybridized carbons (Fsp3) is 0.316. The van der Waals surface area contributed by atoms with Gasteiger partial charge in [-0.2, -0.15) is 13.2 Å². The van der Waals surface area contributed by atoms with Gasteiger partial charge in [-0.15, -0.1) is 0 Å². The first-order valence-corrected chi connectivity index (χ1v) is 11.0. The normalized spacial score (nSPS) is 24.2. The quantitative estimate of drug-likeness (QED) is 0.638. The molecule has 0 saturated carbocycles. The molecule has 1 aromatic carbocycles. The van der Waals surface area contributed by atoms with Gasteiger partial charge in [0.25, 0.3) is 15.9 Å². The highest BCUT2D eigenvalue weighted by atomic mass is 32.2. The largest absolute Gasteiger partial charge is 0.417 e. The first kappa shape index (κ1) is 22.9. The molecule has 3 heterocycles. The molecule has 1 amide bonds. The lowest BCUT2D eigenvalue weighted by atomic mass is 9.88. The Labute approximate surface area is 185 Å². The average Bonchev–Trinajstić information content (AvgIpc) is 3.19. The Hall–Kier alpha value is -3.26. The molecule has 14 heteroatoms. The third-order valence-electron chi connectivity index (χ3n) is 5.45. The standard InChI is InChI=1S/C19H17F4N5O4S/c1-28-17(24)27-18(6-7-32-16(18)33(28,30)31)12-8-11(3-4-13(12)20)26-15(29)14-5-2-10(9-25-14)19(21,22)23/h2-5,8-9,16H,6-7H2,1H3,(H2,24,27)(H,26,29)/t16?,18-/m1/s1. The predicted molar refractivity (Wildman–Crippen MR) is 108 cm³/mol. The molecule has 9 nitrogen and oxygen atoms in total. The van der Waals surface area contributed by atoms with Gasteiger partial charge in [-0.25, -0.2) is 22.1 Å². The zero-order valence-corrected chi connectivity index (χ0v) is 17.7. The van der Waals surface area contributed by atoms with Crippen LogP contribution in [0.15, 0.2) is 41.5 Å². The number of fused-ring (bicyclic) bond motifs is 1. The minimum absolute atomic E-state index is 0.0141. The maximum atomic E-state index is 14.9. The van der Waals surface area contributed by atoms with Gasteiger partial charge in [0.15, 0.2) is 0 Å². The molecule has 0 bridgehead atoms. The second-order valence-electron chi connectivity index (χ2n) is 7.44. The number of pyridine rings is 1. The zero-order chi connectivity index (χ0) is 24.2. The minimum atomic E-state index is -4.61. The van der Waals surface area contributed by atoms with E-state index < -0.39 is 44.5 Å². The van der Waals surface area contributed by atoms with Gasteiger partial charge in [0, 0.05) is 30.9 Å². The van der Waals surface area contributed by atoms with Crippen molar-refractivity contribution in [2.75, 3.05) is 19.0 Å². The number of sulfonamides is 1. The SMILES string of the molecule is CN1C(N)=N[C@@]2(c3cc(NC(=O)c4ccc(C(F)(F)F)cn4)ccc3F)CCOC2S1(=O)=O. The summed E-state index contributed by atoms with van der Waals surface area (Å²) >= 11 is 0. The molecule has 0 aliphatic carbocycles. The van der Waals surface area contributed by atoms with E-state index in [1.54, 1.807) is 0 Å². The average molecular weight is 487 g/mol. The van der Waals surface area contributed by atoms with Crippen molar-refractivity contribution in [2.45, 2.75) is 23.6 Å². The number of carbonyl (C=O) groups excluding carboxylic acids is 1. The van der Waals surface area contributed by atoms with E-state index in [0.717, 1.165) is 16.4 Å². The Bertz CT molecular complexity index is 1250. The lowest BCUT2D eigenvalue weighted by molar-refractivity contribution is -0.137. The summed E-state index contributed by atoms with van der Waals surface area (Å²) in [4.78, 5) is 20.2. The monoisotopic (exact) mass is 487 g/mol. The number of nitrogens with zero attached hydrogens (tertiary/aromatic N) is 3. The van der Waals surface area contributed by atoms with Gasteiger partial charge in [0.1, 0.15) is 17.1 Å². The van der Waals surface area contributed by atoms with Gasteiger partial charge in [0.2, 0.25) is 11.4 Å². The lowest BCUT2D eigenvalue weighted by Gasteiger charge is -2.38. The number of hydrogen-bond acceptors (Lipinski definition) is 7. The molecule has 4 rings (SSSR count). The van der Waals surface area contributed by atoms with Gasteiger partial charge < -0.3 is 15.8 Å². The number of alkyl halides is 3. The Balaban J connectivity index is 1.68.